The number of aryl methyl sites for hydroxylation is 1. The lowest BCUT2D eigenvalue weighted by Gasteiger charge is -2.50. The number of ether oxygens (including phenoxy) is 2. The van der Waals surface area contributed by atoms with Gasteiger partial charge >= 0.3 is 0 Å². The highest BCUT2D eigenvalue weighted by molar-refractivity contribution is 7.90. The normalized spacial score (nSPS) is 29.0. The topological polar surface area (TPSA) is 125 Å². The van der Waals surface area contributed by atoms with Gasteiger partial charge in [-0.05, 0) is 105 Å². The number of hydrogen-bond donors (Lipinski definition) is 2. The number of methoxy groups -OCH3 is 1. The first-order valence-corrected chi connectivity index (χ1v) is 18.7. The molecule has 48 heavy (non-hydrogen) atoms. The first-order chi connectivity index (χ1) is 22.7. The van der Waals surface area contributed by atoms with E-state index >= 15 is 0 Å². The third kappa shape index (κ3) is 7.54. The number of amides is 2. The zero-order chi connectivity index (χ0) is 34.8. The predicted octanol–water partition coefficient (Wildman–Crippen LogP) is 4.97. The van der Waals surface area contributed by atoms with Crippen LogP contribution in [0.25, 0.3) is 0 Å². The van der Waals surface area contributed by atoms with Crippen LogP contribution < -0.4 is 14.4 Å². The molecule has 2 aliphatic heterocycles. The van der Waals surface area contributed by atoms with Crippen LogP contribution in [0.3, 0.4) is 0 Å². The highest BCUT2D eigenvalue weighted by Crippen LogP contribution is 2.47. The second kappa shape index (κ2) is 14.8. The van der Waals surface area contributed by atoms with Gasteiger partial charge in [-0.25, -0.2) is 13.1 Å². The summed E-state index contributed by atoms with van der Waals surface area (Å²) in [5.41, 5.74) is 1.39. The van der Waals surface area contributed by atoms with Crippen molar-refractivity contribution in [1.29, 1.82) is 0 Å². The molecule has 0 saturated heterocycles. The molecule has 0 radical (unpaired) electrons. The number of fused-ring (bicyclic) bond motifs is 3. The number of hydrogen-bond acceptors (Lipinski definition) is 8. The smallest absolute Gasteiger partial charge is 0.264 e. The summed E-state index contributed by atoms with van der Waals surface area (Å²) in [5.74, 6) is -1.22. The molecular weight excluding hydrogens is 654 g/mol. The number of allylic oxidation sites excluding steroid dienone is 1. The number of halogens is 1. The van der Waals surface area contributed by atoms with Crippen LogP contribution in [0.5, 0.6) is 5.75 Å². The molecule has 2 aromatic carbocycles. The summed E-state index contributed by atoms with van der Waals surface area (Å²) in [7, 11) is 0.638. The van der Waals surface area contributed by atoms with Crippen molar-refractivity contribution in [3.63, 3.8) is 0 Å². The predicted molar refractivity (Wildman–Crippen MR) is 187 cm³/mol. The number of rotatable bonds is 3. The molecule has 0 aromatic heterocycles. The maximum absolute atomic E-state index is 13.5. The molecule has 2 heterocycles. The number of sulfonamides is 1. The Balaban J connectivity index is 1.61. The molecule has 6 atom stereocenters. The van der Waals surface area contributed by atoms with E-state index in [9.17, 15) is 23.1 Å². The number of aliphatic hydroxyl groups is 1. The highest BCUT2D eigenvalue weighted by atomic mass is 35.5. The second-order valence-corrected chi connectivity index (χ2v) is 16.2. The fraction of sp³-hybridized carbons (Fsp3) is 0.556. The summed E-state index contributed by atoms with van der Waals surface area (Å²) in [4.78, 5) is 30.5. The van der Waals surface area contributed by atoms with E-state index in [0.717, 1.165) is 36.8 Å². The van der Waals surface area contributed by atoms with Gasteiger partial charge in [-0.2, -0.15) is 0 Å². The lowest BCUT2D eigenvalue weighted by atomic mass is 9.62. The molecule has 10 nitrogen and oxygen atoms in total. The minimum atomic E-state index is -4.06. The van der Waals surface area contributed by atoms with Crippen molar-refractivity contribution in [2.24, 2.45) is 17.8 Å². The largest absolute Gasteiger partial charge is 0.487 e. The molecule has 1 saturated carbocycles. The maximum atomic E-state index is 13.5. The second-order valence-electron chi connectivity index (χ2n) is 13.8. The van der Waals surface area contributed by atoms with Gasteiger partial charge in [0, 0.05) is 44.9 Å². The molecule has 2 bridgehead atoms. The summed E-state index contributed by atoms with van der Waals surface area (Å²) in [6.07, 6.45) is 6.59. The van der Waals surface area contributed by atoms with Gasteiger partial charge in [-0.1, -0.05) is 36.7 Å². The summed E-state index contributed by atoms with van der Waals surface area (Å²) >= 11 is 6.34. The molecule has 1 fully saturated rings. The SMILES string of the molecule is CO[C@H](C(=O)N(C)C)[C@@]1(O)/C=C/C[C@H](C)[C@@H](C)S(=O)(=O)NC(=O)c2ccc3c(c2)N(CCCCc2cc(Cl)ccc2CO3)C[C@@H]2CC[C@H]21. The number of carbonyl (C=O) groups is 2. The van der Waals surface area contributed by atoms with Crippen LogP contribution in [-0.4, -0.2) is 81.5 Å². The number of nitrogens with one attached hydrogen (secondary N) is 1. The first-order valence-electron chi connectivity index (χ1n) is 16.7. The Labute approximate surface area is 289 Å². The molecule has 12 heteroatoms. The van der Waals surface area contributed by atoms with Gasteiger partial charge in [-0.3, -0.25) is 9.59 Å². The van der Waals surface area contributed by atoms with Crippen molar-refractivity contribution in [2.45, 2.75) is 75.9 Å². The van der Waals surface area contributed by atoms with Crippen LogP contribution in [0.15, 0.2) is 48.6 Å². The van der Waals surface area contributed by atoms with Crippen LogP contribution >= 0.6 is 11.6 Å². The Morgan fingerprint density at radius 3 is 2.60 bits per heavy atom. The molecule has 0 unspecified atom stereocenters. The lowest BCUT2D eigenvalue weighted by Crippen LogP contribution is -2.60. The standard InChI is InChI=1S/C36H48ClN3O7S/c1-23-9-8-17-36(43,33(46-5)35(42)39(3)4)30-15-12-27(30)21-40-18-7-6-10-25-19-29(37)14-11-28(25)22-47-32-16-13-26(20-31(32)40)34(41)38-48(44,45)24(23)2/h8,11,13-14,16-17,19-20,23-24,27,30,33,43H,6-7,9-10,12,15,18,21-22H2,1-5H3,(H,38,41)/b17-8+/t23-,24+,27-,30+,33+,36+/m0/s1. The zero-order valence-corrected chi connectivity index (χ0v) is 30.0. The Kier molecular flexibility index (Phi) is 11.1. The van der Waals surface area contributed by atoms with Gasteiger partial charge < -0.3 is 24.4 Å². The van der Waals surface area contributed by atoms with E-state index < -0.39 is 38.8 Å². The Morgan fingerprint density at radius 2 is 1.92 bits per heavy atom. The fourth-order valence-corrected chi connectivity index (χ4v) is 8.62. The van der Waals surface area contributed by atoms with Crippen molar-refractivity contribution in [2.75, 3.05) is 39.2 Å². The van der Waals surface area contributed by atoms with Crippen molar-refractivity contribution < 1.29 is 32.6 Å². The van der Waals surface area contributed by atoms with Crippen LogP contribution in [-0.2, 0) is 32.6 Å². The van der Waals surface area contributed by atoms with Crippen molar-refractivity contribution in [1.82, 2.24) is 9.62 Å². The number of benzene rings is 2. The minimum Gasteiger partial charge on any atom is -0.487 e. The van der Waals surface area contributed by atoms with Crippen molar-refractivity contribution in [3.05, 3.63) is 70.3 Å². The molecule has 3 aliphatic rings. The van der Waals surface area contributed by atoms with Gasteiger partial charge in [0.1, 0.15) is 18.0 Å². The number of anilines is 1. The third-order valence-electron chi connectivity index (χ3n) is 10.4. The maximum Gasteiger partial charge on any atom is 0.264 e. The van der Waals surface area contributed by atoms with E-state index in [1.807, 2.05) is 18.2 Å². The quantitative estimate of drug-likeness (QED) is 0.430. The Bertz CT molecular complexity index is 1650. The molecule has 2 N–H and O–H groups in total. The Morgan fingerprint density at radius 1 is 1.15 bits per heavy atom. The van der Waals surface area contributed by atoms with Crippen molar-refractivity contribution >= 4 is 39.1 Å². The van der Waals surface area contributed by atoms with Gasteiger partial charge in [0.05, 0.1) is 10.9 Å². The number of nitrogens with zero attached hydrogens (tertiary/aromatic N) is 2. The van der Waals surface area contributed by atoms with Crippen LogP contribution in [0.1, 0.15) is 67.4 Å². The average Bonchev–Trinajstić information content (AvgIpc) is 3.05. The molecule has 262 valence electrons. The van der Waals surface area contributed by atoms with Gasteiger partial charge in [0.2, 0.25) is 10.0 Å². The van der Waals surface area contributed by atoms with Gasteiger partial charge in [-0.15, -0.1) is 0 Å². The van der Waals surface area contributed by atoms with Gasteiger partial charge in [0.25, 0.3) is 11.8 Å². The number of carbonyl (C=O) groups excluding carboxylic acids is 2. The minimum absolute atomic E-state index is 0.0108. The molecular formula is C36H48ClN3O7S. The van der Waals surface area contributed by atoms with E-state index in [1.54, 1.807) is 58.3 Å². The zero-order valence-electron chi connectivity index (χ0n) is 28.4. The molecule has 1 aliphatic carbocycles. The van der Waals surface area contributed by atoms with Gasteiger partial charge in [0.15, 0.2) is 6.10 Å². The summed E-state index contributed by atoms with van der Waals surface area (Å²) in [5, 5.41) is 12.2. The lowest BCUT2D eigenvalue weighted by molar-refractivity contribution is -0.168. The average molecular weight is 702 g/mol. The number of likely N-dealkylation sites (N-methyl/N-ethyl adjacent to an activating group) is 1. The summed E-state index contributed by atoms with van der Waals surface area (Å²) in [6, 6.07) is 10.8. The van der Waals surface area contributed by atoms with E-state index in [-0.39, 0.29) is 23.3 Å². The van der Waals surface area contributed by atoms with Crippen LogP contribution in [0.4, 0.5) is 5.69 Å². The molecule has 2 amide bonds. The fourth-order valence-electron chi connectivity index (χ4n) is 7.14. The van der Waals surface area contributed by atoms with Crippen LogP contribution in [0, 0.1) is 17.8 Å². The van der Waals surface area contributed by atoms with Crippen molar-refractivity contribution in [3.8, 4) is 5.75 Å². The van der Waals surface area contributed by atoms with E-state index in [2.05, 4.69) is 9.62 Å². The first kappa shape index (κ1) is 36.2. The molecule has 5 rings (SSSR count). The summed E-state index contributed by atoms with van der Waals surface area (Å²) < 4.78 is 41.3. The molecule has 0 spiro atoms. The third-order valence-corrected chi connectivity index (χ3v) is 12.6. The monoisotopic (exact) mass is 701 g/mol. The van der Waals surface area contributed by atoms with E-state index in [0.29, 0.717) is 49.0 Å². The van der Waals surface area contributed by atoms with Crippen LogP contribution in [0.2, 0.25) is 5.02 Å². The molecule has 2 aromatic rings. The van der Waals surface area contributed by atoms with E-state index in [1.165, 1.54) is 12.0 Å². The highest BCUT2D eigenvalue weighted by Gasteiger charge is 2.53. The summed E-state index contributed by atoms with van der Waals surface area (Å²) in [6.45, 7) is 4.80. The van der Waals surface area contributed by atoms with E-state index in [4.69, 9.17) is 21.1 Å². The Hall–Kier alpha value is -3.12.